The van der Waals surface area contributed by atoms with Crippen LogP contribution < -0.4 is 5.32 Å². The number of benzene rings is 1. The number of aromatic amines is 1. The lowest BCUT2D eigenvalue weighted by Crippen LogP contribution is -2.26. The summed E-state index contributed by atoms with van der Waals surface area (Å²) < 4.78 is 0.839. The molecule has 0 saturated heterocycles. The van der Waals surface area contributed by atoms with Gasteiger partial charge in [-0.15, -0.1) is 11.8 Å². The average Bonchev–Trinajstić information content (AvgIpc) is 2.76. The van der Waals surface area contributed by atoms with Gasteiger partial charge in [-0.2, -0.15) is 0 Å². The Bertz CT molecular complexity index is 626. The molecule has 1 amide bonds. The van der Waals surface area contributed by atoms with E-state index in [4.69, 9.17) is 0 Å². The van der Waals surface area contributed by atoms with Crippen molar-refractivity contribution in [2.24, 2.45) is 0 Å². The molecule has 0 fully saturated rings. The Labute approximate surface area is 117 Å². The lowest BCUT2D eigenvalue weighted by Gasteiger charge is -2.21. The molecule has 0 radical (unpaired) electrons. The maximum Gasteiger partial charge on any atom is 0.237 e. The summed E-state index contributed by atoms with van der Waals surface area (Å²) in [7, 11) is 0. The van der Waals surface area contributed by atoms with Crippen molar-refractivity contribution < 1.29 is 4.79 Å². The summed E-state index contributed by atoms with van der Waals surface area (Å²) in [5, 5.41) is 2.88. The number of carbonyl (C=O) groups excluding carboxylic acids is 1. The number of rotatable bonds is 1. The molecule has 1 aromatic carbocycles. The van der Waals surface area contributed by atoms with Gasteiger partial charge in [0, 0.05) is 10.5 Å². The van der Waals surface area contributed by atoms with E-state index < -0.39 is 0 Å². The Balaban J connectivity index is 2.04. The van der Waals surface area contributed by atoms with E-state index in [0.717, 1.165) is 26.4 Å². The number of anilines is 1. The highest BCUT2D eigenvalue weighted by atomic mass is 79.9. The molecule has 18 heavy (non-hydrogen) atoms. The standard InChI is InChI=1S/C12H10BrN3OS/c1-6-12(17)16-8-4-7(2-3-9(8)18-6)10-11(13)15-5-14-10/h2-6H,1H3,(H,14,15)(H,16,17). The molecule has 0 bridgehead atoms. The van der Waals surface area contributed by atoms with Crippen molar-refractivity contribution in [2.75, 3.05) is 5.32 Å². The van der Waals surface area contributed by atoms with E-state index in [1.807, 2.05) is 25.1 Å². The van der Waals surface area contributed by atoms with Gasteiger partial charge in [0.25, 0.3) is 0 Å². The van der Waals surface area contributed by atoms with Gasteiger partial charge in [-0.3, -0.25) is 4.79 Å². The number of fused-ring (bicyclic) bond motifs is 1. The summed E-state index contributed by atoms with van der Waals surface area (Å²) in [4.78, 5) is 20.0. The SMILES string of the molecule is CC1Sc2ccc(-c3nc[nH]c3Br)cc2NC1=O. The van der Waals surface area contributed by atoms with Crippen LogP contribution in [0.1, 0.15) is 6.92 Å². The highest BCUT2D eigenvalue weighted by molar-refractivity contribution is 9.10. The van der Waals surface area contributed by atoms with Gasteiger partial charge < -0.3 is 10.3 Å². The van der Waals surface area contributed by atoms with Crippen molar-refractivity contribution in [2.45, 2.75) is 17.1 Å². The van der Waals surface area contributed by atoms with Crippen LogP contribution in [0.5, 0.6) is 0 Å². The second-order valence-corrected chi connectivity index (χ2v) is 6.20. The van der Waals surface area contributed by atoms with Crippen molar-refractivity contribution in [3.63, 3.8) is 0 Å². The molecular weight excluding hydrogens is 314 g/mol. The molecule has 3 rings (SSSR count). The Morgan fingerprint density at radius 2 is 2.28 bits per heavy atom. The van der Waals surface area contributed by atoms with E-state index in [1.54, 1.807) is 18.1 Å². The Morgan fingerprint density at radius 1 is 1.44 bits per heavy atom. The van der Waals surface area contributed by atoms with Crippen molar-refractivity contribution in [3.05, 3.63) is 29.1 Å². The third-order valence-electron chi connectivity index (χ3n) is 2.78. The molecule has 1 aliphatic heterocycles. The van der Waals surface area contributed by atoms with E-state index in [0.29, 0.717) is 0 Å². The molecule has 92 valence electrons. The van der Waals surface area contributed by atoms with Crippen LogP contribution in [0, 0.1) is 0 Å². The Morgan fingerprint density at radius 3 is 3.00 bits per heavy atom. The van der Waals surface area contributed by atoms with E-state index in [1.165, 1.54) is 0 Å². The number of aromatic nitrogens is 2. The lowest BCUT2D eigenvalue weighted by molar-refractivity contribution is -0.115. The monoisotopic (exact) mass is 323 g/mol. The summed E-state index contributed by atoms with van der Waals surface area (Å²) >= 11 is 4.99. The average molecular weight is 324 g/mol. The number of halogens is 1. The van der Waals surface area contributed by atoms with E-state index in [9.17, 15) is 4.79 Å². The fourth-order valence-corrected chi connectivity index (χ4v) is 3.20. The molecule has 1 aliphatic rings. The molecule has 2 N–H and O–H groups in total. The smallest absolute Gasteiger partial charge is 0.237 e. The molecule has 0 saturated carbocycles. The maximum absolute atomic E-state index is 11.7. The number of hydrogen-bond donors (Lipinski definition) is 2. The van der Waals surface area contributed by atoms with Gasteiger partial charge >= 0.3 is 0 Å². The van der Waals surface area contributed by atoms with Gasteiger partial charge in [-0.1, -0.05) is 6.07 Å². The zero-order valence-corrected chi connectivity index (χ0v) is 11.9. The Hall–Kier alpha value is -1.27. The second kappa shape index (κ2) is 4.44. The first-order chi connectivity index (χ1) is 8.65. The fraction of sp³-hybridized carbons (Fsp3) is 0.167. The Kier molecular flexibility index (Phi) is 2.91. The molecule has 0 spiro atoms. The number of nitrogens with zero attached hydrogens (tertiary/aromatic N) is 1. The molecule has 0 aliphatic carbocycles. The largest absolute Gasteiger partial charge is 0.339 e. The molecule has 2 heterocycles. The highest BCUT2D eigenvalue weighted by Crippen LogP contribution is 2.38. The number of H-pyrrole nitrogens is 1. The van der Waals surface area contributed by atoms with Gasteiger partial charge in [0.2, 0.25) is 5.91 Å². The molecule has 1 aromatic heterocycles. The minimum absolute atomic E-state index is 0.0412. The van der Waals surface area contributed by atoms with Gasteiger partial charge in [0.15, 0.2) is 0 Å². The van der Waals surface area contributed by atoms with Crippen LogP contribution in [0.2, 0.25) is 0 Å². The molecule has 1 unspecified atom stereocenters. The van der Waals surface area contributed by atoms with Crippen LogP contribution in [0.25, 0.3) is 11.3 Å². The summed E-state index contributed by atoms with van der Waals surface area (Å²) in [5.41, 5.74) is 2.67. The van der Waals surface area contributed by atoms with Crippen molar-refractivity contribution >= 4 is 39.3 Å². The number of imidazole rings is 1. The maximum atomic E-state index is 11.7. The third-order valence-corrected chi connectivity index (χ3v) is 4.56. The van der Waals surface area contributed by atoms with Gasteiger partial charge in [0.05, 0.1) is 17.3 Å². The van der Waals surface area contributed by atoms with Crippen molar-refractivity contribution in [3.8, 4) is 11.3 Å². The van der Waals surface area contributed by atoms with Crippen LogP contribution in [0.3, 0.4) is 0 Å². The number of amides is 1. The molecular formula is C12H10BrN3OS. The number of hydrogen-bond acceptors (Lipinski definition) is 3. The number of thioether (sulfide) groups is 1. The molecule has 2 aromatic rings. The quantitative estimate of drug-likeness (QED) is 0.846. The predicted molar refractivity (Wildman–Crippen MR) is 75.7 cm³/mol. The zero-order valence-electron chi connectivity index (χ0n) is 9.53. The van der Waals surface area contributed by atoms with Crippen LogP contribution in [-0.4, -0.2) is 21.1 Å². The van der Waals surface area contributed by atoms with Crippen LogP contribution in [-0.2, 0) is 4.79 Å². The van der Waals surface area contributed by atoms with Crippen LogP contribution in [0.15, 0.2) is 34.0 Å². The van der Waals surface area contributed by atoms with E-state index >= 15 is 0 Å². The summed E-state index contributed by atoms with van der Waals surface area (Å²) in [5.74, 6) is 0.0470. The minimum Gasteiger partial charge on any atom is -0.339 e. The summed E-state index contributed by atoms with van der Waals surface area (Å²) in [6.45, 7) is 1.90. The first kappa shape index (κ1) is 11.8. The van der Waals surface area contributed by atoms with Crippen LogP contribution in [0.4, 0.5) is 5.69 Å². The van der Waals surface area contributed by atoms with Crippen LogP contribution >= 0.6 is 27.7 Å². The predicted octanol–water partition coefficient (Wildman–Crippen LogP) is 3.27. The summed E-state index contributed by atoms with van der Waals surface area (Å²) in [6.07, 6.45) is 1.63. The number of nitrogens with one attached hydrogen (secondary N) is 2. The van der Waals surface area contributed by atoms with Gasteiger partial charge in [-0.25, -0.2) is 4.98 Å². The minimum atomic E-state index is -0.0412. The first-order valence-corrected chi connectivity index (χ1v) is 7.13. The van der Waals surface area contributed by atoms with Gasteiger partial charge in [-0.05, 0) is 35.0 Å². The molecule has 4 nitrogen and oxygen atoms in total. The normalized spacial score (nSPS) is 18.3. The third kappa shape index (κ3) is 1.95. The lowest BCUT2D eigenvalue weighted by atomic mass is 10.1. The van der Waals surface area contributed by atoms with E-state index in [2.05, 4.69) is 31.2 Å². The topological polar surface area (TPSA) is 57.8 Å². The summed E-state index contributed by atoms with van der Waals surface area (Å²) in [6, 6.07) is 5.98. The first-order valence-electron chi connectivity index (χ1n) is 5.46. The molecule has 1 atom stereocenters. The van der Waals surface area contributed by atoms with E-state index in [-0.39, 0.29) is 11.2 Å². The fourth-order valence-electron chi connectivity index (χ4n) is 1.84. The zero-order chi connectivity index (χ0) is 12.7. The highest BCUT2D eigenvalue weighted by Gasteiger charge is 2.23. The number of carbonyl (C=O) groups is 1. The van der Waals surface area contributed by atoms with Gasteiger partial charge in [0.1, 0.15) is 10.3 Å². The second-order valence-electron chi connectivity index (χ2n) is 4.03. The van der Waals surface area contributed by atoms with Crippen molar-refractivity contribution in [1.29, 1.82) is 0 Å². The van der Waals surface area contributed by atoms with Crippen molar-refractivity contribution in [1.82, 2.24) is 9.97 Å². The molecule has 6 heteroatoms.